The second kappa shape index (κ2) is 9.62. The van der Waals surface area contributed by atoms with Gasteiger partial charge >= 0.3 is 0 Å². The number of hydrogen-bond donors (Lipinski definition) is 2. The largest absolute Gasteiger partial charge is 0.327 e. The number of benzene rings is 2. The highest BCUT2D eigenvalue weighted by Crippen LogP contribution is 2.15. The molecule has 1 saturated heterocycles. The second-order valence-corrected chi connectivity index (χ2v) is 7.92. The van der Waals surface area contributed by atoms with Crippen molar-refractivity contribution in [3.63, 3.8) is 0 Å². The monoisotopic (exact) mass is 417 g/mol. The highest BCUT2D eigenvalue weighted by molar-refractivity contribution is 5.95. The molecule has 31 heavy (non-hydrogen) atoms. The molecule has 2 N–H and O–H groups in total. The fraction of sp³-hybridized carbons (Fsp3) is 0.280. The van der Waals surface area contributed by atoms with Crippen LogP contribution in [0.3, 0.4) is 0 Å². The van der Waals surface area contributed by atoms with Crippen LogP contribution in [0.1, 0.15) is 22.8 Å². The zero-order valence-corrected chi connectivity index (χ0v) is 17.9. The lowest BCUT2D eigenvalue weighted by atomic mass is 10.1. The van der Waals surface area contributed by atoms with Crippen molar-refractivity contribution in [2.45, 2.75) is 13.3 Å². The quantitative estimate of drug-likeness (QED) is 0.645. The molecule has 0 spiro atoms. The van der Waals surface area contributed by atoms with Crippen LogP contribution in [0.25, 0.3) is 5.69 Å². The first-order valence-corrected chi connectivity index (χ1v) is 10.9. The van der Waals surface area contributed by atoms with Gasteiger partial charge in [0.25, 0.3) is 11.8 Å². The Labute approximate surface area is 183 Å². The molecule has 2 heterocycles. The van der Waals surface area contributed by atoms with Gasteiger partial charge in [0, 0.05) is 29.3 Å². The maximum Gasteiger partial charge on any atom is 0.279 e. The number of amides is 2. The average Bonchev–Trinajstić information content (AvgIpc) is 3.35. The minimum atomic E-state index is 0.0232. The second-order valence-electron chi connectivity index (χ2n) is 7.92. The van der Waals surface area contributed by atoms with Gasteiger partial charge in [-0.25, -0.2) is 0 Å². The number of rotatable bonds is 6. The number of piperazine rings is 1. The maximum atomic E-state index is 13.0. The molecule has 0 radical (unpaired) electrons. The molecule has 1 aliphatic heterocycles. The van der Waals surface area contributed by atoms with Gasteiger partial charge < -0.3 is 19.7 Å². The van der Waals surface area contributed by atoms with E-state index in [1.165, 1.54) is 4.90 Å². The van der Waals surface area contributed by atoms with Crippen LogP contribution in [0.15, 0.2) is 73.1 Å². The summed E-state index contributed by atoms with van der Waals surface area (Å²) in [6.45, 7) is 5.35. The number of quaternary nitrogens is 1. The van der Waals surface area contributed by atoms with Gasteiger partial charge in [0.05, 0.1) is 26.2 Å². The van der Waals surface area contributed by atoms with Crippen LogP contribution in [0.5, 0.6) is 0 Å². The van der Waals surface area contributed by atoms with Crippen molar-refractivity contribution in [1.29, 1.82) is 0 Å². The Morgan fingerprint density at radius 3 is 2.45 bits per heavy atom. The van der Waals surface area contributed by atoms with Gasteiger partial charge in [-0.3, -0.25) is 9.59 Å². The van der Waals surface area contributed by atoms with Crippen molar-refractivity contribution in [3.8, 4) is 5.69 Å². The smallest absolute Gasteiger partial charge is 0.279 e. The molecule has 0 bridgehead atoms. The van der Waals surface area contributed by atoms with E-state index in [-0.39, 0.29) is 11.8 Å². The summed E-state index contributed by atoms with van der Waals surface area (Å²) in [5.74, 6) is 0.0736. The summed E-state index contributed by atoms with van der Waals surface area (Å²) in [7, 11) is 0. The molecular weight excluding hydrogens is 388 g/mol. The first kappa shape index (κ1) is 20.9. The minimum absolute atomic E-state index is 0.0232. The number of hydrogen-bond acceptors (Lipinski definition) is 2. The topological polar surface area (TPSA) is 58.8 Å². The summed E-state index contributed by atoms with van der Waals surface area (Å²) in [5, 5.41) is 3.05. The molecule has 6 nitrogen and oxygen atoms in total. The van der Waals surface area contributed by atoms with E-state index in [0.717, 1.165) is 36.4 Å². The van der Waals surface area contributed by atoms with Gasteiger partial charge in [0.2, 0.25) is 0 Å². The Hall–Kier alpha value is -3.38. The molecule has 0 saturated carbocycles. The van der Waals surface area contributed by atoms with Crippen LogP contribution in [0.4, 0.5) is 5.69 Å². The van der Waals surface area contributed by atoms with Crippen molar-refractivity contribution in [3.05, 3.63) is 84.2 Å². The SMILES string of the molecule is CCc1ccccc1NC(=O)C[NH+]1CCN(C(=O)c2cccc(-n3cccc3)c2)CC1. The molecule has 1 aromatic heterocycles. The third kappa shape index (κ3) is 5.03. The van der Waals surface area contributed by atoms with E-state index >= 15 is 0 Å². The van der Waals surface area contributed by atoms with Crippen LogP contribution in [0.2, 0.25) is 0 Å². The third-order valence-electron chi connectivity index (χ3n) is 5.84. The Morgan fingerprint density at radius 1 is 0.968 bits per heavy atom. The number of carbonyl (C=O) groups excluding carboxylic acids is 2. The molecule has 3 aromatic rings. The third-order valence-corrected chi connectivity index (χ3v) is 5.84. The highest BCUT2D eigenvalue weighted by atomic mass is 16.2. The summed E-state index contributed by atoms with van der Waals surface area (Å²) in [5.41, 5.74) is 3.71. The summed E-state index contributed by atoms with van der Waals surface area (Å²) in [4.78, 5) is 28.6. The molecular formula is C25H29N4O2+. The first-order valence-electron chi connectivity index (χ1n) is 10.9. The zero-order valence-electron chi connectivity index (χ0n) is 17.9. The van der Waals surface area contributed by atoms with E-state index in [1.807, 2.05) is 82.5 Å². The van der Waals surface area contributed by atoms with Crippen molar-refractivity contribution in [2.75, 3.05) is 38.0 Å². The Bertz CT molecular complexity index is 1040. The van der Waals surface area contributed by atoms with Crippen LogP contribution < -0.4 is 10.2 Å². The maximum absolute atomic E-state index is 13.0. The summed E-state index contributed by atoms with van der Waals surface area (Å²) < 4.78 is 1.99. The average molecular weight is 418 g/mol. The summed E-state index contributed by atoms with van der Waals surface area (Å²) in [6, 6.07) is 19.6. The number of nitrogens with one attached hydrogen (secondary N) is 2. The Balaban J connectivity index is 1.31. The fourth-order valence-corrected chi connectivity index (χ4v) is 4.06. The van der Waals surface area contributed by atoms with Gasteiger partial charge in [-0.15, -0.1) is 0 Å². The number of carbonyl (C=O) groups is 2. The molecule has 0 aliphatic carbocycles. The van der Waals surface area contributed by atoms with Gasteiger partial charge in [-0.05, 0) is 48.4 Å². The van der Waals surface area contributed by atoms with E-state index < -0.39 is 0 Å². The Kier molecular flexibility index (Phi) is 6.48. The lowest BCUT2D eigenvalue weighted by Gasteiger charge is -2.32. The van der Waals surface area contributed by atoms with E-state index in [1.54, 1.807) is 0 Å². The molecule has 4 rings (SSSR count). The predicted molar refractivity (Wildman–Crippen MR) is 122 cm³/mol. The predicted octanol–water partition coefficient (Wildman–Crippen LogP) is 2.02. The van der Waals surface area contributed by atoms with Crippen LogP contribution >= 0.6 is 0 Å². The van der Waals surface area contributed by atoms with Crippen LogP contribution in [-0.4, -0.2) is 54.0 Å². The standard InChI is InChI=1S/C25H28N4O2/c1-2-20-8-3-4-11-23(20)26-24(30)19-27-14-16-29(17-15-27)25(31)21-9-7-10-22(18-21)28-12-5-6-13-28/h3-13,18H,2,14-17,19H2,1H3,(H,26,30)/p+1. The van der Waals surface area contributed by atoms with Crippen molar-refractivity contribution in [1.82, 2.24) is 9.47 Å². The molecule has 0 atom stereocenters. The van der Waals surface area contributed by atoms with Gasteiger partial charge in [-0.2, -0.15) is 0 Å². The number of aryl methyl sites for hydroxylation is 1. The minimum Gasteiger partial charge on any atom is -0.327 e. The van der Waals surface area contributed by atoms with Crippen molar-refractivity contribution < 1.29 is 14.5 Å². The zero-order chi connectivity index (χ0) is 21.6. The number of nitrogens with zero attached hydrogens (tertiary/aromatic N) is 2. The lowest BCUT2D eigenvalue weighted by Crippen LogP contribution is -3.15. The number of para-hydroxylation sites is 1. The number of aromatic nitrogens is 1. The van der Waals surface area contributed by atoms with E-state index in [0.29, 0.717) is 25.2 Å². The highest BCUT2D eigenvalue weighted by Gasteiger charge is 2.26. The summed E-state index contributed by atoms with van der Waals surface area (Å²) >= 11 is 0. The molecule has 6 heteroatoms. The molecule has 0 unspecified atom stereocenters. The van der Waals surface area contributed by atoms with Crippen molar-refractivity contribution in [2.24, 2.45) is 0 Å². The summed E-state index contributed by atoms with van der Waals surface area (Å²) in [6.07, 6.45) is 4.82. The number of anilines is 1. The molecule has 1 aliphatic rings. The molecule has 2 amide bonds. The van der Waals surface area contributed by atoms with Gasteiger partial charge in [0.15, 0.2) is 6.54 Å². The van der Waals surface area contributed by atoms with E-state index in [2.05, 4.69) is 12.2 Å². The lowest BCUT2D eigenvalue weighted by molar-refractivity contribution is -0.895. The molecule has 160 valence electrons. The molecule has 2 aromatic carbocycles. The van der Waals surface area contributed by atoms with Gasteiger partial charge in [-0.1, -0.05) is 31.2 Å². The van der Waals surface area contributed by atoms with E-state index in [9.17, 15) is 9.59 Å². The normalized spacial score (nSPS) is 14.4. The van der Waals surface area contributed by atoms with E-state index in [4.69, 9.17) is 0 Å². The Morgan fingerprint density at radius 2 is 1.71 bits per heavy atom. The first-order chi connectivity index (χ1) is 15.1. The van der Waals surface area contributed by atoms with Gasteiger partial charge in [0.1, 0.15) is 0 Å². The van der Waals surface area contributed by atoms with Crippen LogP contribution in [-0.2, 0) is 11.2 Å². The van der Waals surface area contributed by atoms with Crippen LogP contribution in [0, 0.1) is 0 Å². The van der Waals surface area contributed by atoms with Crippen molar-refractivity contribution >= 4 is 17.5 Å². The fourth-order valence-electron chi connectivity index (χ4n) is 4.06. The molecule has 1 fully saturated rings.